The maximum absolute atomic E-state index is 5.68. The van der Waals surface area contributed by atoms with E-state index in [0.717, 1.165) is 13.0 Å². The van der Waals surface area contributed by atoms with Crippen LogP contribution in [0.2, 0.25) is 0 Å². The molecule has 1 unspecified atom stereocenters. The molecule has 0 amide bonds. The van der Waals surface area contributed by atoms with Crippen molar-refractivity contribution in [2.75, 3.05) is 12.3 Å². The molecule has 18 heavy (non-hydrogen) atoms. The van der Waals surface area contributed by atoms with E-state index < -0.39 is 0 Å². The lowest BCUT2D eigenvalue weighted by Gasteiger charge is -2.17. The summed E-state index contributed by atoms with van der Waals surface area (Å²) in [5.41, 5.74) is 6.98. The Balaban J connectivity index is 2.29. The Morgan fingerprint density at radius 3 is 2.78 bits per heavy atom. The molecule has 0 aliphatic rings. The Bertz CT molecular complexity index is 325. The van der Waals surface area contributed by atoms with E-state index in [-0.39, 0.29) is 0 Å². The number of nitrogens with one attached hydrogen (secondary N) is 1. The van der Waals surface area contributed by atoms with Gasteiger partial charge in [-0.15, -0.1) is 0 Å². The molecule has 0 aliphatic heterocycles. The van der Waals surface area contributed by atoms with E-state index in [1.54, 1.807) is 6.20 Å². The fourth-order valence-corrected chi connectivity index (χ4v) is 2.25. The molecule has 1 atom stereocenters. The molecule has 1 aromatic rings. The number of hydrogen-bond acceptors (Lipinski definition) is 3. The molecule has 3 nitrogen and oxygen atoms in total. The number of hydrogen-bond donors (Lipinski definition) is 2. The second-order valence-electron chi connectivity index (χ2n) is 4.92. The van der Waals surface area contributed by atoms with Crippen LogP contribution >= 0.6 is 0 Å². The van der Waals surface area contributed by atoms with Gasteiger partial charge in [-0.3, -0.25) is 0 Å². The third kappa shape index (κ3) is 6.01. The zero-order valence-electron chi connectivity index (χ0n) is 11.8. The predicted molar refractivity (Wildman–Crippen MR) is 78.6 cm³/mol. The maximum atomic E-state index is 5.68. The Labute approximate surface area is 111 Å². The fraction of sp³-hybridized carbons (Fsp3) is 0.667. The van der Waals surface area contributed by atoms with Crippen molar-refractivity contribution < 1.29 is 0 Å². The summed E-state index contributed by atoms with van der Waals surface area (Å²) in [7, 11) is 0. The molecule has 0 aromatic carbocycles. The van der Waals surface area contributed by atoms with Crippen LogP contribution in [0.3, 0.4) is 0 Å². The summed E-state index contributed by atoms with van der Waals surface area (Å²) in [5, 5.41) is 3.63. The number of aromatic nitrogens is 1. The van der Waals surface area contributed by atoms with Gasteiger partial charge in [0, 0.05) is 12.2 Å². The molecule has 102 valence electrons. The molecule has 0 saturated carbocycles. The summed E-state index contributed by atoms with van der Waals surface area (Å²) in [6.07, 6.45) is 9.09. The van der Waals surface area contributed by atoms with E-state index in [4.69, 9.17) is 5.73 Å². The van der Waals surface area contributed by atoms with Gasteiger partial charge in [-0.1, -0.05) is 20.3 Å². The fourth-order valence-electron chi connectivity index (χ4n) is 2.25. The summed E-state index contributed by atoms with van der Waals surface area (Å²) >= 11 is 0. The van der Waals surface area contributed by atoms with Crippen molar-refractivity contribution in [3.8, 4) is 0 Å². The third-order valence-electron chi connectivity index (χ3n) is 3.18. The highest BCUT2D eigenvalue weighted by Gasteiger charge is 2.06. The molecule has 0 radical (unpaired) electrons. The number of nitrogen functional groups attached to an aromatic ring is 1. The van der Waals surface area contributed by atoms with E-state index in [0.29, 0.717) is 11.9 Å². The molecule has 1 aromatic heterocycles. The lowest BCUT2D eigenvalue weighted by molar-refractivity contribution is 0.438. The number of nitrogens with two attached hydrogens (primary N) is 1. The van der Waals surface area contributed by atoms with E-state index in [2.05, 4.69) is 30.2 Å². The summed E-state index contributed by atoms with van der Waals surface area (Å²) in [6.45, 7) is 5.60. The Morgan fingerprint density at radius 2 is 2.11 bits per heavy atom. The van der Waals surface area contributed by atoms with Gasteiger partial charge in [0.15, 0.2) is 0 Å². The molecular weight excluding hydrogens is 222 g/mol. The minimum Gasteiger partial charge on any atom is -0.384 e. The number of pyridine rings is 1. The van der Waals surface area contributed by atoms with Gasteiger partial charge in [0.25, 0.3) is 0 Å². The van der Waals surface area contributed by atoms with Crippen LogP contribution in [0, 0.1) is 0 Å². The van der Waals surface area contributed by atoms with Crippen LogP contribution in [-0.4, -0.2) is 17.6 Å². The van der Waals surface area contributed by atoms with Crippen LogP contribution in [0.4, 0.5) is 5.82 Å². The topological polar surface area (TPSA) is 50.9 Å². The number of anilines is 1. The van der Waals surface area contributed by atoms with E-state index >= 15 is 0 Å². The van der Waals surface area contributed by atoms with Crippen LogP contribution in [0.5, 0.6) is 0 Å². The van der Waals surface area contributed by atoms with Gasteiger partial charge in [-0.05, 0) is 56.3 Å². The number of nitrogens with zero attached hydrogens (tertiary/aromatic N) is 1. The predicted octanol–water partition coefficient (Wildman–Crippen LogP) is 3.15. The first-order chi connectivity index (χ1) is 8.76. The molecule has 0 aliphatic carbocycles. The average molecular weight is 249 g/mol. The molecule has 3 N–H and O–H groups in total. The van der Waals surface area contributed by atoms with Crippen molar-refractivity contribution >= 4 is 5.82 Å². The second kappa shape index (κ2) is 8.92. The second-order valence-corrected chi connectivity index (χ2v) is 4.92. The minimum atomic E-state index is 0.627. The molecule has 3 heteroatoms. The third-order valence-corrected chi connectivity index (χ3v) is 3.18. The minimum absolute atomic E-state index is 0.627. The van der Waals surface area contributed by atoms with Crippen molar-refractivity contribution in [2.45, 2.75) is 58.4 Å². The lowest BCUT2D eigenvalue weighted by atomic mass is 10.0. The molecule has 0 bridgehead atoms. The molecule has 0 fully saturated rings. The first kappa shape index (κ1) is 15.0. The van der Waals surface area contributed by atoms with Crippen molar-refractivity contribution in [3.05, 3.63) is 23.9 Å². The van der Waals surface area contributed by atoms with Gasteiger partial charge in [0.05, 0.1) is 0 Å². The normalized spacial score (nSPS) is 12.6. The van der Waals surface area contributed by atoms with Gasteiger partial charge in [0.2, 0.25) is 0 Å². The molecule has 0 saturated heterocycles. The molecule has 0 spiro atoms. The Kier molecular flexibility index (Phi) is 7.42. The smallest absolute Gasteiger partial charge is 0.123 e. The van der Waals surface area contributed by atoms with Gasteiger partial charge in [-0.25, -0.2) is 4.98 Å². The standard InChI is InChI=1S/C15H27N3/c1-3-6-14(17-10-4-2)8-5-7-13-9-11-18-15(16)12-13/h9,11-12,14,17H,3-8,10H2,1-2H3,(H2,16,18). The van der Waals surface area contributed by atoms with E-state index in [9.17, 15) is 0 Å². The Morgan fingerprint density at radius 1 is 1.28 bits per heavy atom. The first-order valence-electron chi connectivity index (χ1n) is 7.20. The van der Waals surface area contributed by atoms with Crippen LogP contribution in [-0.2, 0) is 6.42 Å². The van der Waals surface area contributed by atoms with Crippen LogP contribution in [0.15, 0.2) is 18.3 Å². The average Bonchev–Trinajstić information content (AvgIpc) is 2.36. The van der Waals surface area contributed by atoms with Crippen molar-refractivity contribution in [2.24, 2.45) is 0 Å². The van der Waals surface area contributed by atoms with E-state index in [1.807, 2.05) is 6.07 Å². The summed E-state index contributed by atoms with van der Waals surface area (Å²) in [4.78, 5) is 4.02. The monoisotopic (exact) mass is 249 g/mol. The van der Waals surface area contributed by atoms with Crippen LogP contribution in [0.25, 0.3) is 0 Å². The van der Waals surface area contributed by atoms with Crippen molar-refractivity contribution in [3.63, 3.8) is 0 Å². The lowest BCUT2D eigenvalue weighted by Crippen LogP contribution is -2.29. The van der Waals surface area contributed by atoms with Crippen molar-refractivity contribution in [1.82, 2.24) is 10.3 Å². The highest BCUT2D eigenvalue weighted by Crippen LogP contribution is 2.11. The summed E-state index contributed by atoms with van der Waals surface area (Å²) in [6, 6.07) is 4.72. The highest BCUT2D eigenvalue weighted by molar-refractivity contribution is 5.31. The largest absolute Gasteiger partial charge is 0.384 e. The van der Waals surface area contributed by atoms with Crippen LogP contribution < -0.4 is 11.1 Å². The van der Waals surface area contributed by atoms with E-state index in [1.165, 1.54) is 37.7 Å². The van der Waals surface area contributed by atoms with Gasteiger partial charge >= 0.3 is 0 Å². The zero-order chi connectivity index (χ0) is 13.2. The van der Waals surface area contributed by atoms with Crippen molar-refractivity contribution in [1.29, 1.82) is 0 Å². The quantitative estimate of drug-likeness (QED) is 0.707. The Hall–Kier alpha value is -1.09. The van der Waals surface area contributed by atoms with Gasteiger partial charge in [0.1, 0.15) is 5.82 Å². The number of aryl methyl sites for hydroxylation is 1. The zero-order valence-corrected chi connectivity index (χ0v) is 11.8. The summed E-state index contributed by atoms with van der Waals surface area (Å²) < 4.78 is 0. The SMILES string of the molecule is CCCNC(CCC)CCCc1ccnc(N)c1. The first-order valence-corrected chi connectivity index (χ1v) is 7.20. The molecular formula is C15H27N3. The molecule has 1 heterocycles. The summed E-state index contributed by atoms with van der Waals surface area (Å²) in [5.74, 6) is 0.627. The van der Waals surface area contributed by atoms with Gasteiger partial charge < -0.3 is 11.1 Å². The number of rotatable bonds is 9. The van der Waals surface area contributed by atoms with Gasteiger partial charge in [-0.2, -0.15) is 0 Å². The highest BCUT2D eigenvalue weighted by atomic mass is 14.9. The van der Waals surface area contributed by atoms with Crippen LogP contribution in [0.1, 0.15) is 51.5 Å². The maximum Gasteiger partial charge on any atom is 0.123 e. The molecule has 1 rings (SSSR count).